The van der Waals surface area contributed by atoms with Crippen LogP contribution in [0.25, 0.3) is 11.1 Å². The average molecular weight is 474 g/mol. The molecule has 0 aliphatic carbocycles. The van der Waals surface area contributed by atoms with Gasteiger partial charge in [-0.1, -0.05) is 75.5 Å². The molecule has 4 rings (SSSR count). The molecule has 2 nitrogen and oxygen atoms in total. The van der Waals surface area contributed by atoms with Gasteiger partial charge in [0.1, 0.15) is 5.84 Å². The lowest BCUT2D eigenvalue weighted by Gasteiger charge is -2.15. The number of amidine groups is 1. The van der Waals surface area contributed by atoms with Crippen LogP contribution in [0, 0.1) is 0 Å². The van der Waals surface area contributed by atoms with Gasteiger partial charge in [-0.15, -0.1) is 0 Å². The van der Waals surface area contributed by atoms with Gasteiger partial charge in [0.15, 0.2) is 0 Å². The molecular weight excluding hydrogens is 455 g/mol. The normalized spacial score (nSPS) is 13.3. The second kappa shape index (κ2) is 8.69. The van der Waals surface area contributed by atoms with Gasteiger partial charge in [-0.3, -0.25) is 4.99 Å². The van der Waals surface area contributed by atoms with Crippen LogP contribution in [-0.4, -0.2) is 18.9 Å². The van der Waals surface area contributed by atoms with Crippen LogP contribution in [0.5, 0.6) is 0 Å². The Morgan fingerprint density at radius 1 is 0.857 bits per heavy atom. The molecule has 0 aromatic heterocycles. The number of aryl methyl sites for hydroxylation is 1. The van der Waals surface area contributed by atoms with Crippen molar-refractivity contribution >= 4 is 45.0 Å². The molecule has 0 fully saturated rings. The number of rotatable bonds is 5. The van der Waals surface area contributed by atoms with E-state index in [0.717, 1.165) is 68.5 Å². The van der Waals surface area contributed by atoms with E-state index in [1.165, 1.54) is 5.56 Å². The van der Waals surface area contributed by atoms with Gasteiger partial charge in [-0.25, -0.2) is 0 Å². The standard InChI is InChI=1S/C23H19BrCl2N2/c24-16-9-11-17(18-4-1-2-6-21(18)25)15(14-16)8-10-19-20(5-3-7-22(19)26)23-27-12-13-28-23/h1-7,9,11,14H,8,10,12-13H2,(H,27,28). The van der Waals surface area contributed by atoms with Crippen LogP contribution in [0.15, 0.2) is 70.1 Å². The predicted octanol–water partition coefficient (Wildman–Crippen LogP) is 6.56. The quantitative estimate of drug-likeness (QED) is 0.445. The van der Waals surface area contributed by atoms with E-state index >= 15 is 0 Å². The topological polar surface area (TPSA) is 24.4 Å². The second-order valence-electron chi connectivity index (χ2n) is 6.70. The maximum atomic E-state index is 6.57. The van der Waals surface area contributed by atoms with Crippen LogP contribution in [0.3, 0.4) is 0 Å². The summed E-state index contributed by atoms with van der Waals surface area (Å²) < 4.78 is 1.06. The number of hydrogen-bond donors (Lipinski definition) is 1. The summed E-state index contributed by atoms with van der Waals surface area (Å²) in [6.45, 7) is 1.69. The van der Waals surface area contributed by atoms with E-state index < -0.39 is 0 Å². The SMILES string of the molecule is Clc1ccccc1-c1ccc(Br)cc1CCc1c(Cl)cccc1C1=NCCN1. The molecule has 1 aliphatic heterocycles. The van der Waals surface area contributed by atoms with Crippen molar-refractivity contribution in [2.24, 2.45) is 4.99 Å². The fraction of sp³-hybridized carbons (Fsp3) is 0.174. The maximum absolute atomic E-state index is 6.57. The van der Waals surface area contributed by atoms with Gasteiger partial charge in [-0.2, -0.15) is 0 Å². The van der Waals surface area contributed by atoms with Crippen LogP contribution in [0.4, 0.5) is 0 Å². The zero-order valence-electron chi connectivity index (χ0n) is 15.2. The van der Waals surface area contributed by atoms with Gasteiger partial charge in [-0.05, 0) is 53.8 Å². The molecule has 3 aromatic carbocycles. The minimum atomic E-state index is 0.758. The number of nitrogens with one attached hydrogen (secondary N) is 1. The summed E-state index contributed by atoms with van der Waals surface area (Å²) in [6, 6.07) is 20.3. The first-order chi connectivity index (χ1) is 13.6. The summed E-state index contributed by atoms with van der Waals surface area (Å²) in [7, 11) is 0. The van der Waals surface area contributed by atoms with Crippen molar-refractivity contribution in [1.29, 1.82) is 0 Å². The summed E-state index contributed by atoms with van der Waals surface area (Å²) in [5.74, 6) is 0.943. The summed E-state index contributed by atoms with van der Waals surface area (Å²) in [5.41, 5.74) is 5.66. The Bertz CT molecular complexity index is 1050. The van der Waals surface area contributed by atoms with Crippen LogP contribution < -0.4 is 5.32 Å². The predicted molar refractivity (Wildman–Crippen MR) is 123 cm³/mol. The van der Waals surface area contributed by atoms with E-state index in [-0.39, 0.29) is 0 Å². The van der Waals surface area contributed by atoms with Crippen molar-refractivity contribution < 1.29 is 0 Å². The highest BCUT2D eigenvalue weighted by Crippen LogP contribution is 2.33. The fourth-order valence-electron chi connectivity index (χ4n) is 3.58. The third-order valence-corrected chi connectivity index (χ3v) is 6.10. The molecule has 3 aromatic rings. The van der Waals surface area contributed by atoms with E-state index in [1.54, 1.807) is 0 Å². The number of nitrogens with zero attached hydrogens (tertiary/aromatic N) is 1. The second-order valence-corrected chi connectivity index (χ2v) is 8.43. The average Bonchev–Trinajstić information content (AvgIpc) is 3.22. The first kappa shape index (κ1) is 19.5. The Morgan fingerprint density at radius 2 is 1.64 bits per heavy atom. The number of aliphatic imine (C=N–C) groups is 1. The van der Waals surface area contributed by atoms with Gasteiger partial charge in [0.2, 0.25) is 0 Å². The lowest BCUT2D eigenvalue weighted by molar-refractivity contribution is 0.946. The highest BCUT2D eigenvalue weighted by molar-refractivity contribution is 9.10. The molecule has 0 unspecified atom stereocenters. The van der Waals surface area contributed by atoms with Crippen molar-refractivity contribution in [2.75, 3.05) is 13.1 Å². The monoisotopic (exact) mass is 472 g/mol. The highest BCUT2D eigenvalue weighted by Gasteiger charge is 2.16. The first-order valence-electron chi connectivity index (χ1n) is 9.23. The molecule has 0 atom stereocenters. The zero-order chi connectivity index (χ0) is 19.5. The smallest absolute Gasteiger partial charge is 0.128 e. The molecule has 0 saturated heterocycles. The molecule has 0 amide bonds. The molecule has 142 valence electrons. The van der Waals surface area contributed by atoms with Crippen molar-refractivity contribution in [3.05, 3.63) is 91.9 Å². The molecule has 5 heteroatoms. The first-order valence-corrected chi connectivity index (χ1v) is 10.8. The molecule has 0 spiro atoms. The minimum absolute atomic E-state index is 0.758. The Hall–Kier alpha value is -1.81. The lowest BCUT2D eigenvalue weighted by Crippen LogP contribution is -2.21. The summed E-state index contributed by atoms with van der Waals surface area (Å²) in [6.07, 6.45) is 1.67. The van der Waals surface area contributed by atoms with Crippen LogP contribution in [-0.2, 0) is 12.8 Å². The van der Waals surface area contributed by atoms with Gasteiger partial charge >= 0.3 is 0 Å². The highest BCUT2D eigenvalue weighted by atomic mass is 79.9. The Labute approximate surface area is 183 Å². The minimum Gasteiger partial charge on any atom is -0.368 e. The largest absolute Gasteiger partial charge is 0.368 e. The van der Waals surface area contributed by atoms with Gasteiger partial charge in [0.25, 0.3) is 0 Å². The van der Waals surface area contributed by atoms with E-state index in [0.29, 0.717) is 0 Å². The third kappa shape index (κ3) is 4.12. The zero-order valence-corrected chi connectivity index (χ0v) is 18.3. The molecule has 1 N–H and O–H groups in total. The molecule has 1 aliphatic rings. The van der Waals surface area contributed by atoms with Crippen LogP contribution in [0.2, 0.25) is 10.0 Å². The van der Waals surface area contributed by atoms with Crippen LogP contribution >= 0.6 is 39.1 Å². The Balaban J connectivity index is 1.69. The molecule has 0 saturated carbocycles. The molecule has 0 radical (unpaired) electrons. The van der Waals surface area contributed by atoms with Crippen LogP contribution in [0.1, 0.15) is 16.7 Å². The number of benzene rings is 3. The summed E-state index contributed by atoms with van der Waals surface area (Å²) in [5, 5.41) is 4.90. The van der Waals surface area contributed by atoms with E-state index in [1.807, 2.05) is 30.3 Å². The van der Waals surface area contributed by atoms with Gasteiger partial charge in [0, 0.05) is 32.2 Å². The summed E-state index contributed by atoms with van der Waals surface area (Å²) in [4.78, 5) is 4.58. The molecule has 28 heavy (non-hydrogen) atoms. The maximum Gasteiger partial charge on any atom is 0.128 e. The van der Waals surface area contributed by atoms with E-state index in [2.05, 4.69) is 56.6 Å². The molecular formula is C23H19BrCl2N2. The lowest BCUT2D eigenvalue weighted by atomic mass is 9.93. The van der Waals surface area contributed by atoms with E-state index in [4.69, 9.17) is 23.2 Å². The van der Waals surface area contributed by atoms with E-state index in [9.17, 15) is 0 Å². The van der Waals surface area contributed by atoms with Gasteiger partial charge < -0.3 is 5.32 Å². The van der Waals surface area contributed by atoms with Crippen molar-refractivity contribution in [3.8, 4) is 11.1 Å². The molecule has 1 heterocycles. The summed E-state index contributed by atoms with van der Waals surface area (Å²) >= 11 is 16.6. The third-order valence-electron chi connectivity index (χ3n) is 4.92. The Morgan fingerprint density at radius 3 is 2.43 bits per heavy atom. The number of halogens is 3. The number of hydrogen-bond acceptors (Lipinski definition) is 2. The molecule has 0 bridgehead atoms. The Kier molecular flexibility index (Phi) is 6.05. The van der Waals surface area contributed by atoms with Crippen molar-refractivity contribution in [2.45, 2.75) is 12.8 Å². The fourth-order valence-corrected chi connectivity index (χ4v) is 4.50. The van der Waals surface area contributed by atoms with Crippen molar-refractivity contribution in [1.82, 2.24) is 5.32 Å². The van der Waals surface area contributed by atoms with Crippen molar-refractivity contribution in [3.63, 3.8) is 0 Å². The van der Waals surface area contributed by atoms with Gasteiger partial charge in [0.05, 0.1) is 6.54 Å².